The first-order valence-electron chi connectivity index (χ1n) is 7.07. The maximum atomic E-state index is 11.9. The lowest BCUT2D eigenvalue weighted by Crippen LogP contribution is -2.40. The number of carboxylic acids is 1. The number of ether oxygens (including phenoxy) is 1. The molecular formula is C14H21N3O5S. The van der Waals surface area contributed by atoms with Crippen LogP contribution in [0.5, 0.6) is 0 Å². The van der Waals surface area contributed by atoms with Crippen molar-refractivity contribution >= 4 is 29.3 Å². The molecule has 1 aromatic rings. The predicted molar refractivity (Wildman–Crippen MR) is 84.4 cm³/mol. The number of carboxylic acid groups (broad SMARTS) is 1. The molecule has 0 aliphatic carbocycles. The highest BCUT2D eigenvalue weighted by Crippen LogP contribution is 2.11. The molecule has 1 heterocycles. The van der Waals surface area contributed by atoms with Gasteiger partial charge in [0.1, 0.15) is 22.3 Å². The number of hydrogen-bond acceptors (Lipinski definition) is 6. The minimum Gasteiger partial charge on any atom is -0.480 e. The van der Waals surface area contributed by atoms with Crippen LogP contribution in [-0.4, -0.2) is 39.7 Å². The summed E-state index contributed by atoms with van der Waals surface area (Å²) in [7, 11) is 0. The molecule has 0 unspecified atom stereocenters. The summed E-state index contributed by atoms with van der Waals surface area (Å²) < 4.78 is 5.09. The first kappa shape index (κ1) is 18.9. The highest BCUT2D eigenvalue weighted by atomic mass is 32.1. The van der Waals surface area contributed by atoms with Gasteiger partial charge in [-0.15, -0.1) is 11.3 Å². The third-order valence-corrected chi connectivity index (χ3v) is 3.43. The second-order valence-corrected chi connectivity index (χ2v) is 6.70. The number of carbonyl (C=O) groups excluding carboxylic acids is 2. The predicted octanol–water partition coefficient (Wildman–Crippen LogP) is 1.76. The topological polar surface area (TPSA) is 118 Å². The van der Waals surface area contributed by atoms with Crippen LogP contribution in [0.3, 0.4) is 0 Å². The number of aromatic nitrogens is 1. The molecule has 0 aromatic carbocycles. The molecule has 0 bridgehead atoms. The van der Waals surface area contributed by atoms with Gasteiger partial charge in [0.25, 0.3) is 5.91 Å². The fourth-order valence-corrected chi connectivity index (χ4v) is 2.24. The number of nitrogens with zero attached hydrogens (tertiary/aromatic N) is 1. The average Bonchev–Trinajstić information content (AvgIpc) is 2.89. The van der Waals surface area contributed by atoms with Crippen molar-refractivity contribution < 1.29 is 24.2 Å². The van der Waals surface area contributed by atoms with E-state index in [9.17, 15) is 14.4 Å². The minimum absolute atomic E-state index is 0.121. The van der Waals surface area contributed by atoms with Crippen molar-refractivity contribution in [2.75, 3.05) is 0 Å². The largest absolute Gasteiger partial charge is 0.480 e. The fraction of sp³-hybridized carbons (Fsp3) is 0.571. The van der Waals surface area contributed by atoms with Crippen LogP contribution in [0.1, 0.15) is 49.6 Å². The van der Waals surface area contributed by atoms with Crippen molar-refractivity contribution in [3.8, 4) is 0 Å². The number of hydrogen-bond donors (Lipinski definition) is 3. The van der Waals surface area contributed by atoms with Crippen molar-refractivity contribution in [3.05, 3.63) is 16.1 Å². The summed E-state index contributed by atoms with van der Waals surface area (Å²) in [4.78, 5) is 38.4. The fourth-order valence-electron chi connectivity index (χ4n) is 1.53. The van der Waals surface area contributed by atoms with E-state index in [0.29, 0.717) is 5.01 Å². The van der Waals surface area contributed by atoms with E-state index in [0.717, 1.165) is 0 Å². The molecule has 1 atom stereocenters. The van der Waals surface area contributed by atoms with Crippen molar-refractivity contribution in [3.63, 3.8) is 0 Å². The molecule has 0 radical (unpaired) electrons. The molecule has 3 N–H and O–H groups in total. The van der Waals surface area contributed by atoms with Gasteiger partial charge < -0.3 is 20.5 Å². The maximum absolute atomic E-state index is 11.9. The lowest BCUT2D eigenvalue weighted by molar-refractivity contribution is -0.139. The second-order valence-electron chi connectivity index (χ2n) is 5.75. The van der Waals surface area contributed by atoms with Gasteiger partial charge in [-0.25, -0.2) is 14.6 Å². The van der Waals surface area contributed by atoms with Crippen LogP contribution in [0.25, 0.3) is 0 Å². The van der Waals surface area contributed by atoms with E-state index in [1.165, 1.54) is 16.7 Å². The van der Waals surface area contributed by atoms with Gasteiger partial charge in [0.2, 0.25) is 0 Å². The van der Waals surface area contributed by atoms with Crippen LogP contribution >= 0.6 is 11.3 Å². The molecule has 0 saturated carbocycles. The van der Waals surface area contributed by atoms with E-state index in [-0.39, 0.29) is 18.7 Å². The summed E-state index contributed by atoms with van der Waals surface area (Å²) in [6, 6.07) is -0.951. The monoisotopic (exact) mass is 343 g/mol. The summed E-state index contributed by atoms with van der Waals surface area (Å²) in [5, 5.41) is 15.9. The van der Waals surface area contributed by atoms with Crippen molar-refractivity contribution in [1.82, 2.24) is 15.6 Å². The summed E-state index contributed by atoms with van der Waals surface area (Å²) in [6.07, 6.45) is -0.297. The molecule has 23 heavy (non-hydrogen) atoms. The summed E-state index contributed by atoms with van der Waals surface area (Å²) >= 11 is 1.19. The zero-order valence-corrected chi connectivity index (χ0v) is 14.3. The third kappa shape index (κ3) is 6.64. The molecule has 1 rings (SSSR count). The number of aliphatic carboxylic acids is 1. The van der Waals surface area contributed by atoms with Crippen LogP contribution in [0.4, 0.5) is 4.79 Å². The molecule has 0 aliphatic rings. The first-order chi connectivity index (χ1) is 10.6. The molecular weight excluding hydrogens is 322 g/mol. The van der Waals surface area contributed by atoms with Crippen LogP contribution in [0.2, 0.25) is 0 Å². The lowest BCUT2D eigenvalue weighted by atomic mass is 10.2. The Bertz CT molecular complexity index is 579. The van der Waals surface area contributed by atoms with Crippen LogP contribution in [0, 0.1) is 0 Å². The summed E-state index contributed by atoms with van der Waals surface area (Å²) in [5.74, 6) is -1.65. The molecule has 1 aromatic heterocycles. The Hall–Kier alpha value is -2.16. The lowest BCUT2D eigenvalue weighted by Gasteiger charge is -2.19. The normalized spacial score (nSPS) is 12.3. The van der Waals surface area contributed by atoms with Gasteiger partial charge >= 0.3 is 12.1 Å². The van der Waals surface area contributed by atoms with E-state index in [2.05, 4.69) is 15.6 Å². The molecule has 2 amide bonds. The van der Waals surface area contributed by atoms with Crippen LogP contribution < -0.4 is 10.6 Å². The molecule has 9 heteroatoms. The number of thiazole rings is 1. The quantitative estimate of drug-likeness (QED) is 0.724. The Kier molecular flexibility index (Phi) is 6.49. The number of amides is 2. The number of nitrogens with one attached hydrogen (secondary N) is 2. The van der Waals surface area contributed by atoms with E-state index in [1.807, 2.05) is 0 Å². The molecule has 0 aliphatic heterocycles. The SMILES string of the molecule is CC[C@H](NC(=O)c1csc(CNC(=O)OC(C)(C)C)n1)C(=O)O. The van der Waals surface area contributed by atoms with Gasteiger partial charge in [-0.1, -0.05) is 6.92 Å². The Morgan fingerprint density at radius 3 is 2.57 bits per heavy atom. The molecule has 8 nitrogen and oxygen atoms in total. The Labute approximate surface area is 138 Å². The Balaban J connectivity index is 2.56. The smallest absolute Gasteiger partial charge is 0.408 e. The zero-order valence-electron chi connectivity index (χ0n) is 13.5. The maximum Gasteiger partial charge on any atom is 0.408 e. The average molecular weight is 343 g/mol. The first-order valence-corrected chi connectivity index (χ1v) is 7.95. The van der Waals surface area contributed by atoms with Crippen molar-refractivity contribution in [2.24, 2.45) is 0 Å². The van der Waals surface area contributed by atoms with Gasteiger partial charge in [0.15, 0.2) is 0 Å². The van der Waals surface area contributed by atoms with Gasteiger partial charge in [-0.2, -0.15) is 0 Å². The molecule has 128 valence electrons. The van der Waals surface area contributed by atoms with Crippen molar-refractivity contribution in [1.29, 1.82) is 0 Å². The molecule has 0 fully saturated rings. The van der Waals surface area contributed by atoms with Gasteiger partial charge in [0.05, 0.1) is 6.54 Å². The number of rotatable bonds is 6. The Morgan fingerprint density at radius 1 is 1.39 bits per heavy atom. The van der Waals surface area contributed by atoms with E-state index >= 15 is 0 Å². The highest BCUT2D eigenvalue weighted by molar-refractivity contribution is 7.09. The van der Waals surface area contributed by atoms with Gasteiger partial charge in [0, 0.05) is 5.38 Å². The van der Waals surface area contributed by atoms with Crippen LogP contribution in [-0.2, 0) is 16.1 Å². The zero-order chi connectivity index (χ0) is 17.6. The number of alkyl carbamates (subject to hydrolysis) is 1. The highest BCUT2D eigenvalue weighted by Gasteiger charge is 2.20. The molecule has 0 saturated heterocycles. The van der Waals surface area contributed by atoms with Gasteiger partial charge in [-0.05, 0) is 27.2 Å². The molecule has 0 spiro atoms. The number of carbonyl (C=O) groups is 3. The van der Waals surface area contributed by atoms with E-state index in [4.69, 9.17) is 9.84 Å². The summed E-state index contributed by atoms with van der Waals surface area (Å²) in [5.41, 5.74) is -0.472. The standard InChI is InChI=1S/C14H21N3O5S/c1-5-8(12(19)20)17-11(18)9-7-23-10(16-9)6-15-13(21)22-14(2,3)4/h7-8H,5-6H2,1-4H3,(H,15,21)(H,17,18)(H,19,20)/t8-/m0/s1. The second kappa shape index (κ2) is 7.91. The van der Waals surface area contributed by atoms with E-state index in [1.54, 1.807) is 27.7 Å². The van der Waals surface area contributed by atoms with Gasteiger partial charge in [-0.3, -0.25) is 4.79 Å². The van der Waals surface area contributed by atoms with E-state index < -0.39 is 29.6 Å². The summed E-state index contributed by atoms with van der Waals surface area (Å²) in [6.45, 7) is 7.06. The third-order valence-electron chi connectivity index (χ3n) is 2.58. The minimum atomic E-state index is -1.09. The van der Waals surface area contributed by atoms with Crippen molar-refractivity contribution in [2.45, 2.75) is 52.3 Å². The van der Waals surface area contributed by atoms with Crippen LogP contribution in [0.15, 0.2) is 5.38 Å². The Morgan fingerprint density at radius 2 is 2.04 bits per heavy atom.